The van der Waals surface area contributed by atoms with Crippen molar-refractivity contribution >= 4 is 34.4 Å². The van der Waals surface area contributed by atoms with Gasteiger partial charge in [-0.05, 0) is 74.4 Å². The summed E-state index contributed by atoms with van der Waals surface area (Å²) < 4.78 is 25.4. The molecule has 0 saturated carbocycles. The van der Waals surface area contributed by atoms with E-state index in [0.29, 0.717) is 29.3 Å². The average Bonchev–Trinajstić information content (AvgIpc) is 3.71. The molecule has 0 aliphatic carbocycles. The zero-order chi connectivity index (χ0) is 35.4. The van der Waals surface area contributed by atoms with E-state index in [1.54, 1.807) is 22.5 Å². The average molecular weight is 696 g/mol. The van der Waals surface area contributed by atoms with Crippen molar-refractivity contribution < 1.29 is 28.2 Å². The summed E-state index contributed by atoms with van der Waals surface area (Å²) >= 11 is 1.24. The lowest BCUT2D eigenvalue weighted by atomic mass is 10.0. The number of methoxy groups -OCH3 is 1. The smallest absolute Gasteiger partial charge is 0.410 e. The molecule has 3 heterocycles. The van der Waals surface area contributed by atoms with Crippen LogP contribution in [-0.2, 0) is 22.6 Å². The molecule has 1 atom stereocenters. The van der Waals surface area contributed by atoms with Crippen molar-refractivity contribution in [1.82, 2.24) is 19.7 Å². The molecule has 3 amide bonds. The summed E-state index contributed by atoms with van der Waals surface area (Å²) in [6, 6.07) is 16.2. The maximum absolute atomic E-state index is 14.5. The number of fused-ring (bicyclic) bond motifs is 1. The van der Waals surface area contributed by atoms with Gasteiger partial charge in [0, 0.05) is 73.1 Å². The molecule has 10 nitrogen and oxygen atoms in total. The van der Waals surface area contributed by atoms with E-state index in [2.05, 4.69) is 27.0 Å². The van der Waals surface area contributed by atoms with E-state index < -0.39 is 23.4 Å². The van der Waals surface area contributed by atoms with Gasteiger partial charge in [-0.1, -0.05) is 30.0 Å². The molecule has 2 aliphatic rings. The third-order valence-corrected chi connectivity index (χ3v) is 9.07. The summed E-state index contributed by atoms with van der Waals surface area (Å²) in [7, 11) is 1.43. The number of aromatic nitrogens is 1. The highest BCUT2D eigenvalue weighted by Gasteiger charge is 2.39. The number of piperazine rings is 1. The van der Waals surface area contributed by atoms with Crippen molar-refractivity contribution in [1.29, 1.82) is 0 Å². The molecule has 2 aliphatic heterocycles. The topological polar surface area (TPSA) is 104 Å². The monoisotopic (exact) mass is 695 g/mol. The van der Waals surface area contributed by atoms with Crippen LogP contribution >= 0.6 is 11.3 Å². The molecule has 0 radical (unpaired) electrons. The van der Waals surface area contributed by atoms with Gasteiger partial charge in [-0.2, -0.15) is 0 Å². The van der Waals surface area contributed by atoms with Crippen molar-refractivity contribution in [2.45, 2.75) is 45.5 Å². The van der Waals surface area contributed by atoms with Gasteiger partial charge < -0.3 is 19.3 Å². The molecule has 4 aromatic rings. The maximum atomic E-state index is 14.5. The van der Waals surface area contributed by atoms with Gasteiger partial charge in [0.1, 0.15) is 23.2 Å². The van der Waals surface area contributed by atoms with Gasteiger partial charge in [0.05, 0.1) is 7.11 Å². The zero-order valence-corrected chi connectivity index (χ0v) is 29.2. The zero-order valence-electron chi connectivity index (χ0n) is 28.4. The first kappa shape index (κ1) is 34.6. The number of hydrogen-bond donors (Lipinski definition) is 1. The second-order valence-corrected chi connectivity index (χ2v) is 14.0. The predicted octanol–water partition coefficient (Wildman–Crippen LogP) is 6.08. The van der Waals surface area contributed by atoms with Gasteiger partial charge in [0.15, 0.2) is 5.13 Å². The molecule has 1 saturated heterocycles. The first-order chi connectivity index (χ1) is 24.0. The highest BCUT2D eigenvalue weighted by atomic mass is 32.1. The van der Waals surface area contributed by atoms with Gasteiger partial charge >= 0.3 is 6.09 Å². The van der Waals surface area contributed by atoms with Gasteiger partial charge in [-0.25, -0.2) is 14.2 Å². The summed E-state index contributed by atoms with van der Waals surface area (Å²) in [6.07, 6.45) is 1.29. The highest BCUT2D eigenvalue weighted by Crippen LogP contribution is 2.37. The Hall–Kier alpha value is -5.25. The fourth-order valence-electron chi connectivity index (χ4n) is 5.95. The van der Waals surface area contributed by atoms with Crippen molar-refractivity contribution in [3.8, 4) is 17.6 Å². The number of halogens is 1. The molecule has 0 bridgehead atoms. The van der Waals surface area contributed by atoms with Crippen molar-refractivity contribution in [2.75, 3.05) is 38.6 Å². The third-order valence-electron chi connectivity index (χ3n) is 8.39. The summed E-state index contributed by atoms with van der Waals surface area (Å²) in [5, 5.41) is 4.84. The summed E-state index contributed by atoms with van der Waals surface area (Å²) in [5.74, 6) is 5.17. The van der Waals surface area contributed by atoms with Crippen molar-refractivity contribution in [3.05, 3.63) is 111 Å². The molecule has 1 N–H and O–H groups in total. The first-order valence-electron chi connectivity index (χ1n) is 16.3. The number of benzene rings is 3. The van der Waals surface area contributed by atoms with Gasteiger partial charge in [-0.15, -0.1) is 11.3 Å². The first-order valence-corrected chi connectivity index (χ1v) is 17.1. The van der Waals surface area contributed by atoms with Crippen LogP contribution in [0.1, 0.15) is 65.0 Å². The lowest BCUT2D eigenvalue weighted by Crippen LogP contribution is -2.49. The van der Waals surface area contributed by atoms with Crippen LogP contribution < -0.4 is 10.1 Å². The molecule has 1 unspecified atom stereocenters. The lowest BCUT2D eigenvalue weighted by Gasteiger charge is -2.35. The minimum absolute atomic E-state index is 0.148. The largest absolute Gasteiger partial charge is 0.496 e. The van der Waals surface area contributed by atoms with Crippen LogP contribution in [0.4, 0.5) is 14.3 Å². The third kappa shape index (κ3) is 8.13. The van der Waals surface area contributed by atoms with Crippen LogP contribution in [0.3, 0.4) is 0 Å². The number of carbonyl (C=O) groups is 3. The molecule has 50 heavy (non-hydrogen) atoms. The standard InChI is InChI=1S/C38H38FN5O5S/c1-38(2,3)49-37(47)43-18-16-42(17-19-43)23-27-9-6-25(7-10-27)5-8-26-11-12-28-24-44(35(46)30(28)21-26)33(34(45)41-36-40-15-20-50-36)31-22-29(39)13-14-32(31)48-4/h6-7,9-15,20-22,33H,16-19,23-24H2,1-4H3,(H,40,41,45). The van der Waals surface area contributed by atoms with E-state index in [0.717, 1.165) is 36.3 Å². The number of nitrogens with zero attached hydrogens (tertiary/aromatic N) is 4. The highest BCUT2D eigenvalue weighted by molar-refractivity contribution is 7.13. The Bertz CT molecular complexity index is 1940. The van der Waals surface area contributed by atoms with E-state index in [4.69, 9.17) is 9.47 Å². The normalized spacial score (nSPS) is 15.2. The quantitative estimate of drug-likeness (QED) is 0.234. The van der Waals surface area contributed by atoms with Crippen molar-refractivity contribution in [2.24, 2.45) is 0 Å². The Kier molecular flexibility index (Phi) is 10.2. The molecule has 1 aromatic heterocycles. The fraction of sp³-hybridized carbons (Fsp3) is 0.316. The summed E-state index contributed by atoms with van der Waals surface area (Å²) in [4.78, 5) is 49.5. The van der Waals surface area contributed by atoms with E-state index in [1.165, 1.54) is 41.5 Å². The maximum Gasteiger partial charge on any atom is 0.410 e. The second-order valence-electron chi connectivity index (χ2n) is 13.1. The molecular formula is C38H38FN5O5S. The molecule has 12 heteroatoms. The minimum atomic E-state index is -1.17. The molecule has 6 rings (SSSR count). The Balaban J connectivity index is 1.12. The van der Waals surface area contributed by atoms with Crippen LogP contribution in [0.25, 0.3) is 0 Å². The number of carbonyl (C=O) groups excluding carboxylic acids is 3. The van der Waals surface area contributed by atoms with Gasteiger partial charge in [0.25, 0.3) is 11.8 Å². The van der Waals surface area contributed by atoms with Crippen LogP contribution in [0.15, 0.2) is 72.2 Å². The Morgan fingerprint density at radius 3 is 2.40 bits per heavy atom. The Morgan fingerprint density at radius 1 is 1.00 bits per heavy atom. The Morgan fingerprint density at radius 2 is 1.72 bits per heavy atom. The number of hydrogen-bond acceptors (Lipinski definition) is 8. The van der Waals surface area contributed by atoms with Gasteiger partial charge in [0.2, 0.25) is 0 Å². The molecular weight excluding hydrogens is 658 g/mol. The number of thiazole rings is 1. The molecule has 1 fully saturated rings. The number of rotatable bonds is 7. The molecule has 3 aromatic carbocycles. The van der Waals surface area contributed by atoms with Crippen LogP contribution in [0.2, 0.25) is 0 Å². The van der Waals surface area contributed by atoms with E-state index in [-0.39, 0.29) is 29.9 Å². The van der Waals surface area contributed by atoms with E-state index in [9.17, 15) is 18.8 Å². The van der Waals surface area contributed by atoms with Crippen LogP contribution in [-0.4, -0.2) is 76.5 Å². The van der Waals surface area contributed by atoms with E-state index in [1.807, 2.05) is 57.2 Å². The van der Waals surface area contributed by atoms with Crippen LogP contribution in [0, 0.1) is 17.7 Å². The van der Waals surface area contributed by atoms with Crippen LogP contribution in [0.5, 0.6) is 5.75 Å². The predicted molar refractivity (Wildman–Crippen MR) is 188 cm³/mol. The van der Waals surface area contributed by atoms with Gasteiger partial charge in [-0.3, -0.25) is 19.8 Å². The summed E-state index contributed by atoms with van der Waals surface area (Å²) in [5.41, 5.74) is 3.51. The number of ether oxygens (including phenoxy) is 2. The fourth-order valence-corrected chi connectivity index (χ4v) is 6.48. The van der Waals surface area contributed by atoms with E-state index >= 15 is 0 Å². The molecule has 0 spiro atoms. The minimum Gasteiger partial charge on any atom is -0.496 e. The number of amides is 3. The molecule has 258 valence electrons. The number of nitrogens with one attached hydrogen (secondary N) is 1. The number of anilines is 1. The Labute approximate surface area is 294 Å². The van der Waals surface area contributed by atoms with Crippen molar-refractivity contribution in [3.63, 3.8) is 0 Å². The lowest BCUT2D eigenvalue weighted by molar-refractivity contribution is -0.120. The second kappa shape index (κ2) is 14.7. The summed E-state index contributed by atoms with van der Waals surface area (Å²) in [6.45, 7) is 9.31. The SMILES string of the molecule is COc1ccc(F)cc1C(C(=O)Nc1nccs1)N1Cc2ccc(C#Cc3ccc(CN4CCN(C(=O)OC(C)(C)C)CC4)cc3)cc2C1=O.